The summed E-state index contributed by atoms with van der Waals surface area (Å²) < 4.78 is 0. The number of anilines is 1. The van der Waals surface area contributed by atoms with Gasteiger partial charge in [-0.1, -0.05) is 25.4 Å². The van der Waals surface area contributed by atoms with Gasteiger partial charge in [0.2, 0.25) is 5.91 Å². The van der Waals surface area contributed by atoms with Crippen LogP contribution < -0.4 is 5.32 Å². The Kier molecular flexibility index (Phi) is 4.15. The first-order chi connectivity index (χ1) is 6.99. The summed E-state index contributed by atoms with van der Waals surface area (Å²) in [6.45, 7) is 5.96. The third-order valence-electron chi connectivity index (χ3n) is 2.04. The first-order valence-corrected chi connectivity index (χ1v) is 5.43. The van der Waals surface area contributed by atoms with E-state index >= 15 is 0 Å². The fourth-order valence-corrected chi connectivity index (χ4v) is 1.42. The van der Waals surface area contributed by atoms with Crippen LogP contribution in [0.4, 0.5) is 5.69 Å². The number of halogens is 1. The Morgan fingerprint density at radius 2 is 2.13 bits per heavy atom. The van der Waals surface area contributed by atoms with Gasteiger partial charge in [-0.2, -0.15) is 0 Å². The molecule has 0 heterocycles. The highest BCUT2D eigenvalue weighted by Gasteiger charge is 2.05. The Balaban J connectivity index is 2.65. The Morgan fingerprint density at radius 1 is 1.47 bits per heavy atom. The molecular weight excluding hydrogens is 210 g/mol. The van der Waals surface area contributed by atoms with E-state index in [-0.39, 0.29) is 5.91 Å². The minimum atomic E-state index is 0.0479. The lowest BCUT2D eigenvalue weighted by atomic mass is 10.1. The van der Waals surface area contributed by atoms with Crippen LogP contribution in [0.15, 0.2) is 18.2 Å². The largest absolute Gasteiger partial charge is 0.326 e. The summed E-state index contributed by atoms with van der Waals surface area (Å²) in [5, 5.41) is 3.56. The quantitative estimate of drug-likeness (QED) is 0.836. The zero-order valence-corrected chi connectivity index (χ0v) is 10.1. The molecule has 2 nitrogen and oxygen atoms in total. The highest BCUT2D eigenvalue weighted by molar-refractivity contribution is 6.31. The number of hydrogen-bond acceptors (Lipinski definition) is 1. The maximum atomic E-state index is 11.5. The molecule has 0 fully saturated rings. The van der Waals surface area contributed by atoms with Gasteiger partial charge in [0.05, 0.1) is 0 Å². The average Bonchev–Trinajstić information content (AvgIpc) is 2.10. The van der Waals surface area contributed by atoms with E-state index in [0.717, 1.165) is 16.3 Å². The first kappa shape index (κ1) is 12.1. The number of carbonyl (C=O) groups excluding carboxylic acids is 1. The fraction of sp³-hybridized carbons (Fsp3) is 0.417. The van der Waals surface area contributed by atoms with Crippen LogP contribution in [0.5, 0.6) is 0 Å². The lowest BCUT2D eigenvalue weighted by Gasteiger charge is -2.08. The monoisotopic (exact) mass is 225 g/mol. The van der Waals surface area contributed by atoms with Gasteiger partial charge in [-0.15, -0.1) is 0 Å². The molecule has 0 spiro atoms. The van der Waals surface area contributed by atoms with Crippen LogP contribution >= 0.6 is 11.6 Å². The molecule has 1 N–H and O–H groups in total. The van der Waals surface area contributed by atoms with Crippen molar-refractivity contribution < 1.29 is 4.79 Å². The van der Waals surface area contributed by atoms with Gasteiger partial charge in [0, 0.05) is 17.1 Å². The van der Waals surface area contributed by atoms with E-state index in [0.29, 0.717) is 12.3 Å². The molecule has 1 aromatic rings. The van der Waals surface area contributed by atoms with Crippen LogP contribution in [-0.2, 0) is 4.79 Å². The van der Waals surface area contributed by atoms with Gasteiger partial charge in [-0.25, -0.2) is 0 Å². The molecule has 0 radical (unpaired) electrons. The van der Waals surface area contributed by atoms with Crippen molar-refractivity contribution in [2.45, 2.75) is 27.2 Å². The third kappa shape index (κ3) is 3.92. The Hall–Kier alpha value is -1.02. The number of rotatable bonds is 3. The minimum absolute atomic E-state index is 0.0479. The lowest BCUT2D eigenvalue weighted by molar-refractivity contribution is -0.116. The van der Waals surface area contributed by atoms with Crippen LogP contribution in [-0.4, -0.2) is 5.91 Å². The van der Waals surface area contributed by atoms with E-state index in [1.54, 1.807) is 6.07 Å². The molecule has 0 aliphatic carbocycles. The van der Waals surface area contributed by atoms with Crippen LogP contribution in [0.2, 0.25) is 5.02 Å². The Bertz CT molecular complexity index is 361. The molecule has 0 bridgehead atoms. The second kappa shape index (κ2) is 5.17. The van der Waals surface area contributed by atoms with Gasteiger partial charge in [-0.05, 0) is 36.6 Å². The number of hydrogen-bond donors (Lipinski definition) is 1. The molecule has 0 aromatic heterocycles. The summed E-state index contributed by atoms with van der Waals surface area (Å²) in [7, 11) is 0. The van der Waals surface area contributed by atoms with Crippen molar-refractivity contribution in [2.75, 3.05) is 5.32 Å². The highest BCUT2D eigenvalue weighted by atomic mass is 35.5. The zero-order chi connectivity index (χ0) is 11.4. The zero-order valence-electron chi connectivity index (χ0n) is 9.30. The predicted molar refractivity (Wildman–Crippen MR) is 64.3 cm³/mol. The topological polar surface area (TPSA) is 29.1 Å². The standard InChI is InChI=1S/C12H16ClNO/c1-8(2)6-12(15)14-10-4-5-11(13)9(3)7-10/h4-5,7-8H,6H2,1-3H3,(H,14,15). The van der Waals surface area contributed by atoms with Crippen molar-refractivity contribution in [1.29, 1.82) is 0 Å². The smallest absolute Gasteiger partial charge is 0.224 e. The van der Waals surface area contributed by atoms with Crippen molar-refractivity contribution in [3.63, 3.8) is 0 Å². The molecule has 0 saturated carbocycles. The second-order valence-corrected chi connectivity index (χ2v) is 4.52. The van der Waals surface area contributed by atoms with Gasteiger partial charge in [-0.3, -0.25) is 4.79 Å². The van der Waals surface area contributed by atoms with Crippen LogP contribution in [0.1, 0.15) is 25.8 Å². The SMILES string of the molecule is Cc1cc(NC(=O)CC(C)C)ccc1Cl. The van der Waals surface area contributed by atoms with E-state index in [9.17, 15) is 4.79 Å². The van der Waals surface area contributed by atoms with Crippen LogP contribution in [0.3, 0.4) is 0 Å². The molecule has 0 atom stereocenters. The highest BCUT2D eigenvalue weighted by Crippen LogP contribution is 2.19. The van der Waals surface area contributed by atoms with E-state index in [2.05, 4.69) is 5.32 Å². The summed E-state index contributed by atoms with van der Waals surface area (Å²) in [6.07, 6.45) is 0.543. The molecule has 0 aliphatic heterocycles. The molecule has 0 saturated heterocycles. The molecule has 0 aliphatic rings. The van der Waals surface area contributed by atoms with Gasteiger partial charge in [0.1, 0.15) is 0 Å². The molecule has 3 heteroatoms. The van der Waals surface area contributed by atoms with Crippen molar-refractivity contribution >= 4 is 23.2 Å². The normalized spacial score (nSPS) is 10.5. The van der Waals surface area contributed by atoms with E-state index < -0.39 is 0 Å². The van der Waals surface area contributed by atoms with Gasteiger partial charge < -0.3 is 5.32 Å². The maximum Gasteiger partial charge on any atom is 0.224 e. The molecule has 82 valence electrons. The van der Waals surface area contributed by atoms with Crippen LogP contribution in [0.25, 0.3) is 0 Å². The number of amides is 1. The summed E-state index contributed by atoms with van der Waals surface area (Å²) >= 11 is 5.89. The fourth-order valence-electron chi connectivity index (χ4n) is 1.31. The summed E-state index contributed by atoms with van der Waals surface area (Å²) in [6, 6.07) is 5.48. The summed E-state index contributed by atoms with van der Waals surface area (Å²) in [4.78, 5) is 11.5. The minimum Gasteiger partial charge on any atom is -0.326 e. The molecule has 1 aromatic carbocycles. The number of carbonyl (C=O) groups is 1. The average molecular weight is 226 g/mol. The number of nitrogens with one attached hydrogen (secondary N) is 1. The second-order valence-electron chi connectivity index (χ2n) is 4.11. The maximum absolute atomic E-state index is 11.5. The first-order valence-electron chi connectivity index (χ1n) is 5.05. The summed E-state index contributed by atoms with van der Waals surface area (Å²) in [5.41, 5.74) is 1.78. The summed E-state index contributed by atoms with van der Waals surface area (Å²) in [5.74, 6) is 0.421. The molecule has 1 amide bonds. The van der Waals surface area contributed by atoms with Crippen molar-refractivity contribution in [1.82, 2.24) is 0 Å². The van der Waals surface area contributed by atoms with Crippen molar-refractivity contribution in [3.8, 4) is 0 Å². The molecule has 15 heavy (non-hydrogen) atoms. The van der Waals surface area contributed by atoms with E-state index in [1.807, 2.05) is 32.9 Å². The number of benzene rings is 1. The van der Waals surface area contributed by atoms with E-state index in [1.165, 1.54) is 0 Å². The van der Waals surface area contributed by atoms with Crippen molar-refractivity contribution in [3.05, 3.63) is 28.8 Å². The molecule has 1 rings (SSSR count). The van der Waals surface area contributed by atoms with Crippen LogP contribution in [0, 0.1) is 12.8 Å². The third-order valence-corrected chi connectivity index (χ3v) is 2.46. The molecular formula is C12H16ClNO. The Labute approximate surface area is 95.6 Å². The Morgan fingerprint density at radius 3 is 2.67 bits per heavy atom. The van der Waals surface area contributed by atoms with Gasteiger partial charge in [0.15, 0.2) is 0 Å². The van der Waals surface area contributed by atoms with E-state index in [4.69, 9.17) is 11.6 Å². The van der Waals surface area contributed by atoms with Crippen molar-refractivity contribution in [2.24, 2.45) is 5.92 Å². The van der Waals surface area contributed by atoms with Gasteiger partial charge >= 0.3 is 0 Å². The van der Waals surface area contributed by atoms with Gasteiger partial charge in [0.25, 0.3) is 0 Å². The lowest BCUT2D eigenvalue weighted by Crippen LogP contribution is -2.13. The molecule has 0 unspecified atom stereocenters. The number of aryl methyl sites for hydroxylation is 1. The predicted octanol–water partition coefficient (Wildman–Crippen LogP) is 3.63.